The number of aliphatic carboxylic acids is 1. The van der Waals surface area contributed by atoms with E-state index in [1.54, 1.807) is 50.5 Å². The molecule has 1 aromatic carbocycles. The van der Waals surface area contributed by atoms with Crippen LogP contribution in [0, 0.1) is 0 Å². The van der Waals surface area contributed by atoms with Gasteiger partial charge in [-0.2, -0.15) is 0 Å². The van der Waals surface area contributed by atoms with Crippen LogP contribution in [0.1, 0.15) is 19.4 Å². The van der Waals surface area contributed by atoms with Gasteiger partial charge in [0.2, 0.25) is 0 Å². The maximum atomic E-state index is 11.4. The van der Waals surface area contributed by atoms with Crippen LogP contribution in [-0.4, -0.2) is 20.6 Å². The second kappa shape index (κ2) is 4.18. The van der Waals surface area contributed by atoms with E-state index in [0.717, 1.165) is 0 Å². The average Bonchev–Trinajstić information content (AvgIpc) is 2.75. The Morgan fingerprint density at radius 1 is 1.28 bits per heavy atom. The van der Waals surface area contributed by atoms with E-state index in [2.05, 4.69) is 4.98 Å². The third-order valence-corrected chi connectivity index (χ3v) is 3.05. The van der Waals surface area contributed by atoms with E-state index in [-0.39, 0.29) is 5.69 Å². The van der Waals surface area contributed by atoms with Crippen LogP contribution < -0.4 is 5.69 Å². The number of carboxylic acid groups (broad SMARTS) is 1. The number of carbonyl (C=O) groups is 1. The molecular weight excluding hydrogens is 232 g/mol. The highest BCUT2D eigenvalue weighted by atomic mass is 16.4. The van der Waals surface area contributed by atoms with Crippen molar-refractivity contribution in [3.8, 4) is 5.69 Å². The summed E-state index contributed by atoms with van der Waals surface area (Å²) in [7, 11) is 0. The van der Waals surface area contributed by atoms with Crippen molar-refractivity contribution in [2.75, 3.05) is 0 Å². The van der Waals surface area contributed by atoms with Gasteiger partial charge in [-0.05, 0) is 31.5 Å². The van der Waals surface area contributed by atoms with E-state index in [1.165, 1.54) is 4.57 Å². The number of rotatable bonds is 3. The predicted octanol–water partition coefficient (Wildman–Crippen LogP) is 1.53. The van der Waals surface area contributed by atoms with Gasteiger partial charge in [0.15, 0.2) is 0 Å². The van der Waals surface area contributed by atoms with Crippen LogP contribution in [0.25, 0.3) is 5.69 Å². The molecule has 0 bridgehead atoms. The third kappa shape index (κ3) is 1.95. The van der Waals surface area contributed by atoms with E-state index < -0.39 is 11.4 Å². The van der Waals surface area contributed by atoms with Gasteiger partial charge in [-0.3, -0.25) is 9.36 Å². The molecule has 94 valence electrons. The maximum absolute atomic E-state index is 11.4. The topological polar surface area (TPSA) is 75.1 Å². The van der Waals surface area contributed by atoms with E-state index in [0.29, 0.717) is 11.3 Å². The molecule has 0 radical (unpaired) electrons. The summed E-state index contributed by atoms with van der Waals surface area (Å²) in [5.41, 5.74) is 0.232. The average molecular weight is 246 g/mol. The van der Waals surface area contributed by atoms with Crippen LogP contribution in [0.15, 0.2) is 41.5 Å². The van der Waals surface area contributed by atoms with Crippen molar-refractivity contribution in [2.45, 2.75) is 19.3 Å². The molecule has 1 heterocycles. The summed E-state index contributed by atoms with van der Waals surface area (Å²) in [4.78, 5) is 25.1. The Hall–Kier alpha value is -2.30. The summed E-state index contributed by atoms with van der Waals surface area (Å²) in [6.45, 7) is 3.29. The lowest BCUT2D eigenvalue weighted by molar-refractivity contribution is -0.142. The van der Waals surface area contributed by atoms with Crippen LogP contribution in [0.4, 0.5) is 0 Å². The fourth-order valence-corrected chi connectivity index (χ4v) is 1.69. The fourth-order valence-electron chi connectivity index (χ4n) is 1.69. The summed E-state index contributed by atoms with van der Waals surface area (Å²) in [5, 5.41) is 9.13. The minimum Gasteiger partial charge on any atom is -0.481 e. The van der Waals surface area contributed by atoms with Crippen molar-refractivity contribution in [2.24, 2.45) is 0 Å². The van der Waals surface area contributed by atoms with Crippen molar-refractivity contribution in [1.29, 1.82) is 0 Å². The second-order valence-electron chi connectivity index (χ2n) is 4.61. The molecule has 0 aliphatic rings. The molecule has 0 saturated heterocycles. The zero-order valence-corrected chi connectivity index (χ0v) is 10.2. The molecule has 0 aliphatic heterocycles. The quantitative estimate of drug-likeness (QED) is 0.862. The van der Waals surface area contributed by atoms with Gasteiger partial charge in [0, 0.05) is 12.4 Å². The number of carboxylic acids is 1. The highest BCUT2D eigenvalue weighted by molar-refractivity contribution is 5.80. The molecule has 5 heteroatoms. The highest BCUT2D eigenvalue weighted by Gasteiger charge is 2.29. The molecule has 1 aromatic heterocycles. The number of aromatic nitrogens is 2. The number of imidazole rings is 1. The normalized spacial score (nSPS) is 11.4. The summed E-state index contributed by atoms with van der Waals surface area (Å²) < 4.78 is 1.46. The summed E-state index contributed by atoms with van der Waals surface area (Å²) >= 11 is 0. The minimum atomic E-state index is -0.943. The first-order valence-corrected chi connectivity index (χ1v) is 5.53. The van der Waals surface area contributed by atoms with Gasteiger partial charge in [0.05, 0.1) is 11.1 Å². The summed E-state index contributed by atoms with van der Waals surface area (Å²) in [5.74, 6) is -0.880. The molecule has 0 unspecified atom stereocenters. The van der Waals surface area contributed by atoms with Gasteiger partial charge in [0.25, 0.3) is 0 Å². The molecule has 0 spiro atoms. The zero-order chi connectivity index (χ0) is 13.3. The first-order chi connectivity index (χ1) is 8.43. The zero-order valence-electron chi connectivity index (χ0n) is 10.2. The van der Waals surface area contributed by atoms with Crippen LogP contribution in [-0.2, 0) is 10.2 Å². The predicted molar refractivity (Wildman–Crippen MR) is 67.1 cm³/mol. The van der Waals surface area contributed by atoms with Gasteiger partial charge in [0.1, 0.15) is 0 Å². The largest absolute Gasteiger partial charge is 0.481 e. The lowest BCUT2D eigenvalue weighted by Gasteiger charge is -2.19. The minimum absolute atomic E-state index is 0.222. The Bertz CT molecular complexity index is 620. The molecule has 0 amide bonds. The molecule has 0 atom stereocenters. The van der Waals surface area contributed by atoms with Gasteiger partial charge in [-0.25, -0.2) is 4.79 Å². The molecule has 5 nitrogen and oxygen atoms in total. The van der Waals surface area contributed by atoms with Crippen molar-refractivity contribution >= 4 is 5.97 Å². The van der Waals surface area contributed by atoms with Crippen molar-refractivity contribution in [3.05, 3.63) is 52.7 Å². The van der Waals surface area contributed by atoms with Gasteiger partial charge < -0.3 is 10.1 Å². The summed E-state index contributed by atoms with van der Waals surface area (Å²) in [6.07, 6.45) is 3.18. The number of nitrogens with one attached hydrogen (secondary N) is 1. The lowest BCUT2D eigenvalue weighted by Crippen LogP contribution is -2.28. The van der Waals surface area contributed by atoms with E-state index in [1.807, 2.05) is 0 Å². The van der Waals surface area contributed by atoms with Crippen LogP contribution in [0.5, 0.6) is 0 Å². The maximum Gasteiger partial charge on any atom is 0.330 e. The molecule has 2 N–H and O–H groups in total. The van der Waals surface area contributed by atoms with Crippen LogP contribution in [0.2, 0.25) is 0 Å². The number of nitrogens with zero attached hydrogens (tertiary/aromatic N) is 1. The Kier molecular flexibility index (Phi) is 2.82. The first kappa shape index (κ1) is 12.2. The standard InChI is InChI=1S/C13H14N2O3/c1-13(2,11(16)17)9-3-5-10(6-4-9)15-8-7-14-12(15)18/h3-8H,1-2H3,(H,14,18)(H,16,17). The molecule has 18 heavy (non-hydrogen) atoms. The fraction of sp³-hybridized carbons (Fsp3) is 0.231. The number of benzene rings is 1. The Labute approximate surface area is 104 Å². The SMILES string of the molecule is CC(C)(C(=O)O)c1ccc(-n2cc[nH]c2=O)cc1. The Morgan fingerprint density at radius 2 is 1.89 bits per heavy atom. The second-order valence-corrected chi connectivity index (χ2v) is 4.61. The van der Waals surface area contributed by atoms with E-state index in [9.17, 15) is 9.59 Å². The highest BCUT2D eigenvalue weighted by Crippen LogP contribution is 2.24. The Balaban J connectivity index is 2.40. The van der Waals surface area contributed by atoms with Gasteiger partial charge >= 0.3 is 11.7 Å². The van der Waals surface area contributed by atoms with E-state index >= 15 is 0 Å². The molecule has 2 rings (SSSR count). The third-order valence-electron chi connectivity index (χ3n) is 3.05. The number of aromatic amines is 1. The van der Waals surface area contributed by atoms with Crippen LogP contribution >= 0.6 is 0 Å². The smallest absolute Gasteiger partial charge is 0.330 e. The van der Waals surface area contributed by atoms with Gasteiger partial charge in [-0.1, -0.05) is 12.1 Å². The Morgan fingerprint density at radius 3 is 2.33 bits per heavy atom. The van der Waals surface area contributed by atoms with Crippen molar-refractivity contribution < 1.29 is 9.90 Å². The van der Waals surface area contributed by atoms with Crippen molar-refractivity contribution in [3.63, 3.8) is 0 Å². The first-order valence-electron chi connectivity index (χ1n) is 5.53. The molecular formula is C13H14N2O3. The summed E-state index contributed by atoms with van der Waals surface area (Å²) in [6, 6.07) is 6.91. The van der Waals surface area contributed by atoms with Crippen molar-refractivity contribution in [1.82, 2.24) is 9.55 Å². The number of hydrogen-bond acceptors (Lipinski definition) is 2. The molecule has 0 aliphatic carbocycles. The van der Waals surface area contributed by atoms with Gasteiger partial charge in [-0.15, -0.1) is 0 Å². The molecule has 2 aromatic rings. The molecule has 0 fully saturated rings. The molecule has 0 saturated carbocycles. The monoisotopic (exact) mass is 246 g/mol. The number of hydrogen-bond donors (Lipinski definition) is 2. The lowest BCUT2D eigenvalue weighted by atomic mass is 9.85. The van der Waals surface area contributed by atoms with E-state index in [4.69, 9.17) is 5.11 Å². The number of H-pyrrole nitrogens is 1. The van der Waals surface area contributed by atoms with Crippen LogP contribution in [0.3, 0.4) is 0 Å².